The van der Waals surface area contributed by atoms with Crippen LogP contribution in [0.4, 0.5) is 4.79 Å². The van der Waals surface area contributed by atoms with E-state index in [-0.39, 0.29) is 12.1 Å². The van der Waals surface area contributed by atoms with Gasteiger partial charge >= 0.3 is 6.09 Å². The monoisotopic (exact) mass is 222 g/mol. The highest BCUT2D eigenvalue weighted by molar-refractivity contribution is 5.69. The number of pyridine rings is 1. The molecule has 1 aliphatic rings. The summed E-state index contributed by atoms with van der Waals surface area (Å²) >= 11 is 0. The molecule has 1 amide bonds. The van der Waals surface area contributed by atoms with Crippen molar-refractivity contribution in [3.8, 4) is 0 Å². The minimum absolute atomic E-state index is 0.0394. The quantitative estimate of drug-likeness (QED) is 0.733. The second kappa shape index (κ2) is 5.49. The summed E-state index contributed by atoms with van der Waals surface area (Å²) < 4.78 is 4.92. The number of cyclic esters (lactones) is 1. The molecule has 4 heteroatoms. The zero-order valence-corrected chi connectivity index (χ0v) is 10.2. The molecule has 0 aliphatic carbocycles. The van der Waals surface area contributed by atoms with Gasteiger partial charge in [0.25, 0.3) is 0 Å². The maximum Gasteiger partial charge on any atom is 0.410 e. The molecule has 0 radical (unpaired) electrons. The molecular formula is C12H18N2O2. The van der Waals surface area contributed by atoms with Gasteiger partial charge in [-0.3, -0.25) is 9.88 Å². The fraction of sp³-hybridized carbons (Fsp3) is 0.500. The van der Waals surface area contributed by atoms with E-state index in [1.165, 1.54) is 0 Å². The van der Waals surface area contributed by atoms with E-state index in [0.717, 1.165) is 11.4 Å². The summed E-state index contributed by atoms with van der Waals surface area (Å²) in [6.45, 7) is 6.33. The Morgan fingerprint density at radius 1 is 1.44 bits per heavy atom. The van der Waals surface area contributed by atoms with Gasteiger partial charge in [-0.1, -0.05) is 19.9 Å². The zero-order valence-electron chi connectivity index (χ0n) is 10.2. The third-order valence-electron chi connectivity index (χ3n) is 2.37. The highest BCUT2D eigenvalue weighted by Crippen LogP contribution is 2.24. The van der Waals surface area contributed by atoms with E-state index in [1.54, 1.807) is 11.9 Å². The van der Waals surface area contributed by atoms with Crippen LogP contribution in [0.3, 0.4) is 0 Å². The first-order chi connectivity index (χ1) is 7.68. The molecule has 0 N–H and O–H groups in total. The number of ether oxygens (including phenoxy) is 1. The van der Waals surface area contributed by atoms with Gasteiger partial charge < -0.3 is 4.74 Å². The molecular weight excluding hydrogens is 204 g/mol. The second-order valence-corrected chi connectivity index (χ2v) is 3.41. The minimum Gasteiger partial charge on any atom is -0.447 e. The molecule has 88 valence electrons. The van der Waals surface area contributed by atoms with E-state index in [1.807, 2.05) is 39.0 Å². The Morgan fingerprint density at radius 3 is 2.62 bits per heavy atom. The Bertz CT molecular complexity index is 366. The minimum atomic E-state index is -0.279. The molecule has 0 spiro atoms. The summed E-state index contributed by atoms with van der Waals surface area (Å²) in [5, 5.41) is 0. The van der Waals surface area contributed by atoms with E-state index < -0.39 is 0 Å². The molecule has 1 aromatic rings. The highest BCUT2D eigenvalue weighted by Gasteiger charge is 2.31. The lowest BCUT2D eigenvalue weighted by molar-refractivity contribution is 0.163. The van der Waals surface area contributed by atoms with Gasteiger partial charge in [0.05, 0.1) is 5.69 Å². The maximum atomic E-state index is 11.1. The predicted octanol–water partition coefficient (Wildman–Crippen LogP) is 2.54. The van der Waals surface area contributed by atoms with E-state index >= 15 is 0 Å². The van der Waals surface area contributed by atoms with Crippen LogP contribution in [0.5, 0.6) is 0 Å². The first-order valence-electron chi connectivity index (χ1n) is 5.51. The summed E-state index contributed by atoms with van der Waals surface area (Å²) in [6.07, 6.45) is -0.279. The zero-order chi connectivity index (χ0) is 12.1. The Hall–Kier alpha value is -1.58. The third-order valence-corrected chi connectivity index (χ3v) is 2.37. The molecule has 2 heterocycles. The second-order valence-electron chi connectivity index (χ2n) is 3.41. The van der Waals surface area contributed by atoms with Crippen LogP contribution >= 0.6 is 0 Å². The molecule has 1 aliphatic heterocycles. The van der Waals surface area contributed by atoms with Crippen LogP contribution in [0.15, 0.2) is 18.2 Å². The van der Waals surface area contributed by atoms with E-state index in [9.17, 15) is 4.79 Å². The first kappa shape index (κ1) is 12.5. The van der Waals surface area contributed by atoms with Gasteiger partial charge in [-0.25, -0.2) is 4.79 Å². The lowest BCUT2D eigenvalue weighted by Gasteiger charge is -2.15. The molecule has 0 saturated carbocycles. The Morgan fingerprint density at radius 2 is 2.12 bits per heavy atom. The van der Waals surface area contributed by atoms with Crippen LogP contribution in [-0.4, -0.2) is 29.6 Å². The Kier molecular flexibility index (Phi) is 4.28. The molecule has 4 nitrogen and oxygen atoms in total. The fourth-order valence-corrected chi connectivity index (χ4v) is 1.52. The number of aryl methyl sites for hydroxylation is 1. The van der Waals surface area contributed by atoms with Gasteiger partial charge in [0.1, 0.15) is 12.6 Å². The van der Waals surface area contributed by atoms with Gasteiger partial charge in [-0.05, 0) is 19.1 Å². The molecule has 1 fully saturated rings. The first-order valence-corrected chi connectivity index (χ1v) is 5.51. The van der Waals surface area contributed by atoms with Crippen molar-refractivity contribution in [2.45, 2.75) is 26.8 Å². The largest absolute Gasteiger partial charge is 0.447 e. The average Bonchev–Trinajstić information content (AvgIpc) is 2.63. The summed E-state index contributed by atoms with van der Waals surface area (Å²) in [7, 11) is 1.73. The van der Waals surface area contributed by atoms with Crippen LogP contribution in [-0.2, 0) is 4.74 Å². The number of likely N-dealkylation sites (N-methyl/N-ethyl adjacent to an activating group) is 1. The highest BCUT2D eigenvalue weighted by atomic mass is 16.6. The van der Waals surface area contributed by atoms with Crippen LogP contribution < -0.4 is 0 Å². The molecule has 0 bridgehead atoms. The molecule has 16 heavy (non-hydrogen) atoms. The van der Waals surface area contributed by atoms with Crippen LogP contribution in [0.2, 0.25) is 0 Å². The number of amides is 1. The van der Waals surface area contributed by atoms with Gasteiger partial charge in [0, 0.05) is 12.7 Å². The topological polar surface area (TPSA) is 42.4 Å². The van der Waals surface area contributed by atoms with Crippen LogP contribution in [0, 0.1) is 6.92 Å². The van der Waals surface area contributed by atoms with Gasteiger partial charge in [0.15, 0.2) is 0 Å². The van der Waals surface area contributed by atoms with E-state index in [0.29, 0.717) is 6.61 Å². The van der Waals surface area contributed by atoms with Crippen LogP contribution in [0.1, 0.15) is 31.3 Å². The number of hydrogen-bond acceptors (Lipinski definition) is 3. The van der Waals surface area contributed by atoms with Crippen molar-refractivity contribution in [1.82, 2.24) is 9.88 Å². The predicted molar refractivity (Wildman–Crippen MR) is 62.2 cm³/mol. The molecule has 1 unspecified atom stereocenters. The number of carbonyl (C=O) groups excluding carboxylic acids is 1. The summed E-state index contributed by atoms with van der Waals surface area (Å²) in [6, 6.07) is 5.74. The van der Waals surface area contributed by atoms with Gasteiger partial charge in [0.2, 0.25) is 0 Å². The molecule has 2 rings (SSSR count). The number of aromatic nitrogens is 1. The Balaban J connectivity index is 0.000000606. The van der Waals surface area contributed by atoms with Crippen molar-refractivity contribution in [2.75, 3.05) is 13.7 Å². The third kappa shape index (κ3) is 2.51. The standard InChI is InChI=1S/C10H12N2O2.C2H6/c1-7-4-3-5-8(11-7)9-6-14-10(13)12(9)2;1-2/h3-5,9H,6H2,1-2H3;1-2H3. The number of carbonyl (C=O) groups is 1. The average molecular weight is 222 g/mol. The number of hydrogen-bond donors (Lipinski definition) is 0. The molecule has 1 atom stereocenters. The van der Waals surface area contributed by atoms with E-state index in [4.69, 9.17) is 4.74 Å². The van der Waals surface area contributed by atoms with Crippen molar-refractivity contribution in [3.63, 3.8) is 0 Å². The van der Waals surface area contributed by atoms with E-state index in [2.05, 4.69) is 4.98 Å². The lowest BCUT2D eigenvalue weighted by atomic mass is 10.2. The van der Waals surface area contributed by atoms with Crippen molar-refractivity contribution < 1.29 is 9.53 Å². The van der Waals surface area contributed by atoms with Gasteiger partial charge in [-0.15, -0.1) is 0 Å². The molecule has 1 saturated heterocycles. The maximum absolute atomic E-state index is 11.1. The van der Waals surface area contributed by atoms with Crippen molar-refractivity contribution >= 4 is 6.09 Å². The van der Waals surface area contributed by atoms with Gasteiger partial charge in [-0.2, -0.15) is 0 Å². The van der Waals surface area contributed by atoms with Crippen molar-refractivity contribution in [2.24, 2.45) is 0 Å². The SMILES string of the molecule is CC.Cc1cccc(C2COC(=O)N2C)n1. The number of rotatable bonds is 1. The summed E-state index contributed by atoms with van der Waals surface area (Å²) in [4.78, 5) is 17.1. The van der Waals surface area contributed by atoms with Crippen molar-refractivity contribution in [3.05, 3.63) is 29.6 Å². The van der Waals surface area contributed by atoms with Crippen molar-refractivity contribution in [1.29, 1.82) is 0 Å². The smallest absolute Gasteiger partial charge is 0.410 e. The van der Waals surface area contributed by atoms with Crippen LogP contribution in [0.25, 0.3) is 0 Å². The normalized spacial score (nSPS) is 18.9. The summed E-state index contributed by atoms with van der Waals surface area (Å²) in [5.74, 6) is 0. The summed E-state index contributed by atoms with van der Waals surface area (Å²) in [5.41, 5.74) is 1.84. The fourth-order valence-electron chi connectivity index (χ4n) is 1.52. The molecule has 1 aromatic heterocycles. The Labute approximate surface area is 96.2 Å². The molecule has 0 aromatic carbocycles. The number of nitrogens with zero attached hydrogens (tertiary/aromatic N) is 2. The lowest BCUT2D eigenvalue weighted by Crippen LogP contribution is -2.23.